The number of aryl methyl sites for hydroxylation is 1. The van der Waals surface area contributed by atoms with Crippen LogP contribution in [0.3, 0.4) is 0 Å². The molecule has 0 saturated heterocycles. The molecule has 0 radical (unpaired) electrons. The Morgan fingerprint density at radius 1 is 1.40 bits per heavy atom. The van der Waals surface area contributed by atoms with E-state index in [9.17, 15) is 0 Å². The predicted octanol–water partition coefficient (Wildman–Crippen LogP) is 3.48. The molecule has 1 heteroatoms. The van der Waals surface area contributed by atoms with Crippen molar-refractivity contribution >= 4 is 0 Å². The molecule has 1 nitrogen and oxygen atoms in total. The topological polar surface area (TPSA) is 12.0 Å². The van der Waals surface area contributed by atoms with Crippen LogP contribution in [-0.2, 0) is 6.42 Å². The second-order valence-electron chi connectivity index (χ2n) is 4.05. The lowest BCUT2D eigenvalue weighted by atomic mass is 9.94. The fraction of sp³-hybridized carbons (Fsp3) is 0.429. The van der Waals surface area contributed by atoms with Gasteiger partial charge in [0.25, 0.3) is 0 Å². The molecule has 0 amide bonds. The van der Waals surface area contributed by atoms with Crippen LogP contribution in [0.1, 0.15) is 37.4 Å². The fourth-order valence-electron chi connectivity index (χ4n) is 1.91. The van der Waals surface area contributed by atoms with Gasteiger partial charge in [0.1, 0.15) is 0 Å². The van der Waals surface area contributed by atoms with Crippen molar-refractivity contribution in [2.24, 2.45) is 0 Å². The molecule has 0 aliphatic carbocycles. The van der Waals surface area contributed by atoms with Crippen molar-refractivity contribution in [1.29, 1.82) is 0 Å². The molecule has 0 aliphatic rings. The van der Waals surface area contributed by atoms with Crippen LogP contribution < -0.4 is 5.32 Å². The van der Waals surface area contributed by atoms with Gasteiger partial charge >= 0.3 is 0 Å². The number of hydrogen-bond acceptors (Lipinski definition) is 1. The third kappa shape index (κ3) is 3.21. The van der Waals surface area contributed by atoms with Crippen molar-refractivity contribution in [3.63, 3.8) is 0 Å². The largest absolute Gasteiger partial charge is 0.313 e. The summed E-state index contributed by atoms with van der Waals surface area (Å²) in [5, 5.41) is 3.36. The lowest BCUT2D eigenvalue weighted by molar-refractivity contribution is 0.585. The summed E-state index contributed by atoms with van der Waals surface area (Å²) >= 11 is 0. The molecular weight excluding hydrogens is 182 g/mol. The maximum absolute atomic E-state index is 3.98. The molecule has 0 heterocycles. The van der Waals surface area contributed by atoms with E-state index in [0.29, 0.717) is 6.04 Å². The molecule has 82 valence electrons. The standard InChI is InChI=1S/C14H21N/c1-5-12-8-6-7-9-13(12)14(15-4)10-11(2)3/h6-9,14-15H,2,5,10H2,1,3-4H3. The van der Waals surface area contributed by atoms with E-state index in [1.165, 1.54) is 16.7 Å². The zero-order valence-corrected chi connectivity index (χ0v) is 10.0. The molecule has 0 aromatic heterocycles. The molecule has 1 N–H and O–H groups in total. The van der Waals surface area contributed by atoms with Crippen LogP contribution >= 0.6 is 0 Å². The van der Waals surface area contributed by atoms with Gasteiger partial charge < -0.3 is 5.32 Å². The third-order valence-electron chi connectivity index (χ3n) is 2.71. The molecule has 0 aliphatic heterocycles. The Kier molecular flexibility index (Phi) is 4.57. The minimum absolute atomic E-state index is 0.402. The molecule has 1 atom stereocenters. The summed E-state index contributed by atoms with van der Waals surface area (Å²) in [5.41, 5.74) is 4.06. The minimum Gasteiger partial charge on any atom is -0.313 e. The quantitative estimate of drug-likeness (QED) is 0.722. The Labute approximate surface area is 93.2 Å². The summed E-state index contributed by atoms with van der Waals surface area (Å²) in [6, 6.07) is 9.03. The Morgan fingerprint density at radius 3 is 2.60 bits per heavy atom. The van der Waals surface area contributed by atoms with Gasteiger partial charge in [-0.15, -0.1) is 6.58 Å². The van der Waals surface area contributed by atoms with Crippen molar-refractivity contribution < 1.29 is 0 Å². The molecule has 15 heavy (non-hydrogen) atoms. The van der Waals surface area contributed by atoms with E-state index in [4.69, 9.17) is 0 Å². The van der Waals surface area contributed by atoms with Crippen molar-refractivity contribution in [3.05, 3.63) is 47.5 Å². The summed E-state index contributed by atoms with van der Waals surface area (Å²) in [5.74, 6) is 0. The monoisotopic (exact) mass is 203 g/mol. The number of nitrogens with one attached hydrogen (secondary N) is 1. The molecular formula is C14H21N. The first-order chi connectivity index (χ1) is 7.19. The van der Waals surface area contributed by atoms with Gasteiger partial charge in [0.2, 0.25) is 0 Å². The smallest absolute Gasteiger partial charge is 0.0357 e. The SMILES string of the molecule is C=C(C)CC(NC)c1ccccc1CC. The Morgan fingerprint density at radius 2 is 2.07 bits per heavy atom. The van der Waals surface area contributed by atoms with Gasteiger partial charge in [-0.3, -0.25) is 0 Å². The number of rotatable bonds is 5. The van der Waals surface area contributed by atoms with E-state index in [0.717, 1.165) is 12.8 Å². The molecule has 0 fully saturated rings. The van der Waals surface area contributed by atoms with E-state index in [2.05, 4.69) is 50.0 Å². The van der Waals surface area contributed by atoms with Gasteiger partial charge in [-0.05, 0) is 37.9 Å². The van der Waals surface area contributed by atoms with Crippen LogP contribution in [0.2, 0.25) is 0 Å². The predicted molar refractivity (Wildman–Crippen MR) is 67.1 cm³/mol. The first-order valence-corrected chi connectivity index (χ1v) is 5.58. The highest BCUT2D eigenvalue weighted by molar-refractivity contribution is 5.30. The highest BCUT2D eigenvalue weighted by atomic mass is 14.9. The van der Waals surface area contributed by atoms with Crippen LogP contribution in [-0.4, -0.2) is 7.05 Å². The van der Waals surface area contributed by atoms with Gasteiger partial charge in [-0.1, -0.05) is 36.8 Å². The molecule has 0 saturated carbocycles. The zero-order chi connectivity index (χ0) is 11.3. The molecule has 1 unspecified atom stereocenters. The van der Waals surface area contributed by atoms with E-state index in [1.54, 1.807) is 0 Å². The van der Waals surface area contributed by atoms with Crippen molar-refractivity contribution in [2.75, 3.05) is 7.05 Å². The van der Waals surface area contributed by atoms with Crippen LogP contribution in [0.15, 0.2) is 36.4 Å². The summed E-state index contributed by atoms with van der Waals surface area (Å²) in [6.45, 7) is 8.27. The summed E-state index contributed by atoms with van der Waals surface area (Å²) in [4.78, 5) is 0. The highest BCUT2D eigenvalue weighted by Crippen LogP contribution is 2.23. The summed E-state index contributed by atoms with van der Waals surface area (Å²) < 4.78 is 0. The Balaban J connectivity index is 2.95. The molecule has 0 spiro atoms. The number of benzene rings is 1. The van der Waals surface area contributed by atoms with Crippen LogP contribution in [0.25, 0.3) is 0 Å². The van der Waals surface area contributed by atoms with E-state index >= 15 is 0 Å². The van der Waals surface area contributed by atoms with Gasteiger partial charge in [-0.25, -0.2) is 0 Å². The van der Waals surface area contributed by atoms with Gasteiger partial charge in [0.05, 0.1) is 0 Å². The van der Waals surface area contributed by atoms with Gasteiger partial charge in [0.15, 0.2) is 0 Å². The molecule has 1 rings (SSSR count). The maximum Gasteiger partial charge on any atom is 0.0357 e. The highest BCUT2D eigenvalue weighted by Gasteiger charge is 2.11. The van der Waals surface area contributed by atoms with E-state index < -0.39 is 0 Å². The summed E-state index contributed by atoms with van der Waals surface area (Å²) in [7, 11) is 2.01. The summed E-state index contributed by atoms with van der Waals surface area (Å²) in [6.07, 6.45) is 2.10. The lowest BCUT2D eigenvalue weighted by Gasteiger charge is -2.19. The molecule has 1 aromatic rings. The van der Waals surface area contributed by atoms with Gasteiger partial charge in [0, 0.05) is 6.04 Å². The van der Waals surface area contributed by atoms with Crippen LogP contribution in [0.5, 0.6) is 0 Å². The first-order valence-electron chi connectivity index (χ1n) is 5.58. The van der Waals surface area contributed by atoms with Crippen molar-refractivity contribution in [3.8, 4) is 0 Å². The number of hydrogen-bond donors (Lipinski definition) is 1. The first kappa shape index (κ1) is 12.0. The lowest BCUT2D eigenvalue weighted by Crippen LogP contribution is -2.18. The molecule has 1 aromatic carbocycles. The Bertz CT molecular complexity index is 328. The van der Waals surface area contributed by atoms with Crippen LogP contribution in [0.4, 0.5) is 0 Å². The average Bonchev–Trinajstić information content (AvgIpc) is 2.25. The second kappa shape index (κ2) is 5.72. The third-order valence-corrected chi connectivity index (χ3v) is 2.71. The minimum atomic E-state index is 0.402. The fourth-order valence-corrected chi connectivity index (χ4v) is 1.91. The second-order valence-corrected chi connectivity index (χ2v) is 4.05. The van der Waals surface area contributed by atoms with Crippen molar-refractivity contribution in [1.82, 2.24) is 5.32 Å². The normalized spacial score (nSPS) is 12.5. The molecule has 0 bridgehead atoms. The zero-order valence-electron chi connectivity index (χ0n) is 10.0. The maximum atomic E-state index is 3.98. The van der Waals surface area contributed by atoms with Gasteiger partial charge in [-0.2, -0.15) is 0 Å². The Hall–Kier alpha value is -1.08. The van der Waals surface area contributed by atoms with E-state index in [-0.39, 0.29) is 0 Å². The average molecular weight is 203 g/mol. The van der Waals surface area contributed by atoms with Crippen LogP contribution in [0, 0.1) is 0 Å². The van der Waals surface area contributed by atoms with E-state index in [1.807, 2.05) is 7.05 Å². The van der Waals surface area contributed by atoms with Crippen molar-refractivity contribution in [2.45, 2.75) is 32.7 Å².